The predicted octanol–water partition coefficient (Wildman–Crippen LogP) is 3.31. The van der Waals surface area contributed by atoms with Crippen LogP contribution >= 0.6 is 11.8 Å². The topological polar surface area (TPSA) is 66.5 Å². The molecule has 0 aliphatic carbocycles. The van der Waals surface area contributed by atoms with Gasteiger partial charge in [0, 0.05) is 18.4 Å². The zero-order valence-electron chi connectivity index (χ0n) is 15.7. The molecule has 0 atom stereocenters. The summed E-state index contributed by atoms with van der Waals surface area (Å²) in [6.07, 6.45) is 1.48. The van der Waals surface area contributed by atoms with Crippen LogP contribution in [0.1, 0.15) is 12.0 Å². The van der Waals surface area contributed by atoms with Crippen LogP contribution in [-0.2, 0) is 20.6 Å². The third kappa shape index (κ3) is 7.28. The number of nitrogens with zero attached hydrogens (tertiary/aromatic N) is 1. The molecule has 0 aromatic heterocycles. The third-order valence-electron chi connectivity index (χ3n) is 3.88. The molecule has 0 aliphatic rings. The molecule has 2 rings (SSSR count). The zero-order valence-corrected chi connectivity index (χ0v) is 17.3. The van der Waals surface area contributed by atoms with E-state index in [9.17, 15) is 26.4 Å². The van der Waals surface area contributed by atoms with Gasteiger partial charge in [0.2, 0.25) is 15.9 Å². The van der Waals surface area contributed by atoms with Crippen LogP contribution in [0.3, 0.4) is 0 Å². The Bertz CT molecular complexity index is 955. The van der Waals surface area contributed by atoms with E-state index in [2.05, 4.69) is 5.32 Å². The van der Waals surface area contributed by atoms with Crippen LogP contribution in [0.25, 0.3) is 0 Å². The van der Waals surface area contributed by atoms with Crippen LogP contribution < -0.4 is 9.62 Å². The summed E-state index contributed by atoms with van der Waals surface area (Å²) < 4.78 is 64.6. The lowest BCUT2D eigenvalue weighted by atomic mass is 10.2. The highest BCUT2D eigenvalue weighted by Crippen LogP contribution is 2.20. The quantitative estimate of drug-likeness (QED) is 0.569. The van der Waals surface area contributed by atoms with Crippen molar-refractivity contribution in [2.75, 3.05) is 29.4 Å². The molecule has 158 valence electrons. The van der Waals surface area contributed by atoms with Crippen LogP contribution in [0, 0.1) is 17.5 Å². The first-order valence-electron chi connectivity index (χ1n) is 8.69. The van der Waals surface area contributed by atoms with Gasteiger partial charge in [-0.25, -0.2) is 21.6 Å². The van der Waals surface area contributed by atoms with E-state index in [0.717, 1.165) is 24.5 Å². The number of hydrogen-bond donors (Lipinski definition) is 1. The number of amides is 1. The normalized spacial score (nSPS) is 11.3. The molecule has 2 aromatic rings. The van der Waals surface area contributed by atoms with E-state index in [1.807, 2.05) is 0 Å². The highest BCUT2D eigenvalue weighted by molar-refractivity contribution is 7.98. The Morgan fingerprint density at radius 3 is 2.45 bits per heavy atom. The molecule has 0 spiro atoms. The molecule has 29 heavy (non-hydrogen) atoms. The summed E-state index contributed by atoms with van der Waals surface area (Å²) in [7, 11) is -3.87. The molecule has 0 heterocycles. The number of rotatable bonds is 10. The van der Waals surface area contributed by atoms with Crippen molar-refractivity contribution in [3.8, 4) is 0 Å². The average Bonchev–Trinajstić information content (AvgIpc) is 2.65. The molecule has 0 aliphatic heterocycles. The fourth-order valence-electron chi connectivity index (χ4n) is 2.43. The number of nitrogens with one attached hydrogen (secondary N) is 1. The van der Waals surface area contributed by atoms with Crippen molar-refractivity contribution in [1.29, 1.82) is 0 Å². The number of halogens is 3. The number of thioether (sulfide) groups is 1. The van der Waals surface area contributed by atoms with E-state index >= 15 is 0 Å². The minimum absolute atomic E-state index is 0.137. The van der Waals surface area contributed by atoms with Gasteiger partial charge in [-0.1, -0.05) is 18.2 Å². The summed E-state index contributed by atoms with van der Waals surface area (Å²) in [6.45, 7) is -0.245. The van der Waals surface area contributed by atoms with Gasteiger partial charge in [0.05, 0.1) is 11.9 Å². The van der Waals surface area contributed by atoms with Gasteiger partial charge in [-0.05, 0) is 35.9 Å². The highest BCUT2D eigenvalue weighted by Gasteiger charge is 2.21. The molecule has 5 nitrogen and oxygen atoms in total. The molecule has 0 bridgehead atoms. The van der Waals surface area contributed by atoms with E-state index in [0.29, 0.717) is 34.3 Å². The Balaban J connectivity index is 1.80. The standard InChI is InChI=1S/C19H21F3N2O3S2/c1-29(26,27)24(15-7-8-17(21)18(22)11-15)12-19(25)23-9-4-10-28-13-14-5-2-3-6-16(14)20/h2-3,5-8,11H,4,9-10,12-13H2,1H3,(H,23,25). The van der Waals surface area contributed by atoms with Crippen molar-refractivity contribution >= 4 is 33.4 Å². The lowest BCUT2D eigenvalue weighted by Gasteiger charge is -2.22. The average molecular weight is 447 g/mol. The number of carbonyl (C=O) groups excluding carboxylic acids is 1. The largest absolute Gasteiger partial charge is 0.354 e. The number of benzene rings is 2. The van der Waals surface area contributed by atoms with Crippen molar-refractivity contribution in [2.45, 2.75) is 12.2 Å². The maximum Gasteiger partial charge on any atom is 0.240 e. The summed E-state index contributed by atoms with van der Waals surface area (Å²) in [5, 5.41) is 2.59. The fourth-order valence-corrected chi connectivity index (χ4v) is 4.22. The molecule has 0 saturated heterocycles. The van der Waals surface area contributed by atoms with Gasteiger partial charge in [-0.3, -0.25) is 9.10 Å². The Labute approximate surface area is 172 Å². The van der Waals surface area contributed by atoms with Gasteiger partial charge < -0.3 is 5.32 Å². The second kappa shape index (κ2) is 10.5. The van der Waals surface area contributed by atoms with E-state index in [1.165, 1.54) is 17.8 Å². The summed E-state index contributed by atoms with van der Waals surface area (Å²) in [5.74, 6) is -1.96. The summed E-state index contributed by atoms with van der Waals surface area (Å²) in [4.78, 5) is 12.1. The van der Waals surface area contributed by atoms with Gasteiger partial charge in [0.15, 0.2) is 11.6 Å². The van der Waals surface area contributed by atoms with Gasteiger partial charge in [0.1, 0.15) is 12.4 Å². The summed E-state index contributed by atoms with van der Waals surface area (Å²) in [5.41, 5.74) is 0.471. The number of carbonyl (C=O) groups is 1. The van der Waals surface area contributed by atoms with Crippen LogP contribution in [0.15, 0.2) is 42.5 Å². The van der Waals surface area contributed by atoms with E-state index < -0.39 is 34.1 Å². The van der Waals surface area contributed by atoms with Gasteiger partial charge in [0.25, 0.3) is 0 Å². The maximum atomic E-state index is 13.5. The molecule has 10 heteroatoms. The van der Waals surface area contributed by atoms with Crippen molar-refractivity contribution in [3.05, 3.63) is 65.5 Å². The first-order valence-corrected chi connectivity index (χ1v) is 11.7. The summed E-state index contributed by atoms with van der Waals surface area (Å²) in [6, 6.07) is 9.11. The molecule has 0 saturated carbocycles. The minimum Gasteiger partial charge on any atom is -0.354 e. The lowest BCUT2D eigenvalue weighted by molar-refractivity contribution is -0.119. The number of sulfonamides is 1. The van der Waals surface area contributed by atoms with Crippen molar-refractivity contribution < 1.29 is 26.4 Å². The molecular weight excluding hydrogens is 425 g/mol. The minimum atomic E-state index is -3.87. The third-order valence-corrected chi connectivity index (χ3v) is 6.11. The van der Waals surface area contributed by atoms with Crippen LogP contribution in [0.2, 0.25) is 0 Å². The van der Waals surface area contributed by atoms with E-state index in [-0.39, 0.29) is 11.5 Å². The highest BCUT2D eigenvalue weighted by atomic mass is 32.2. The molecule has 0 unspecified atom stereocenters. The van der Waals surface area contributed by atoms with Crippen LogP contribution in [0.4, 0.5) is 18.9 Å². The molecule has 0 radical (unpaired) electrons. The molecular formula is C19H21F3N2O3S2. The Kier molecular flexibility index (Phi) is 8.39. The van der Waals surface area contributed by atoms with Crippen LogP contribution in [0.5, 0.6) is 0 Å². The number of anilines is 1. The Morgan fingerprint density at radius 2 is 1.79 bits per heavy atom. The second-order valence-corrected chi connectivity index (χ2v) is 9.23. The smallest absolute Gasteiger partial charge is 0.240 e. The van der Waals surface area contributed by atoms with Gasteiger partial charge in [-0.15, -0.1) is 0 Å². The molecule has 1 N–H and O–H groups in total. The van der Waals surface area contributed by atoms with Gasteiger partial charge in [-0.2, -0.15) is 11.8 Å². The Hall–Kier alpha value is -2.20. The monoisotopic (exact) mass is 446 g/mol. The first-order chi connectivity index (χ1) is 13.7. The van der Waals surface area contributed by atoms with E-state index in [4.69, 9.17) is 0 Å². The van der Waals surface area contributed by atoms with Crippen molar-refractivity contribution in [2.24, 2.45) is 0 Å². The Morgan fingerprint density at radius 1 is 1.07 bits per heavy atom. The second-order valence-electron chi connectivity index (χ2n) is 6.22. The predicted molar refractivity (Wildman–Crippen MR) is 109 cm³/mol. The fraction of sp³-hybridized carbons (Fsp3) is 0.316. The molecule has 0 fully saturated rings. The maximum absolute atomic E-state index is 13.5. The van der Waals surface area contributed by atoms with Crippen LogP contribution in [-0.4, -0.2) is 39.4 Å². The zero-order chi connectivity index (χ0) is 21.4. The lowest BCUT2D eigenvalue weighted by Crippen LogP contribution is -2.40. The molecule has 2 aromatic carbocycles. The molecule has 1 amide bonds. The van der Waals surface area contributed by atoms with Gasteiger partial charge >= 0.3 is 0 Å². The van der Waals surface area contributed by atoms with E-state index in [1.54, 1.807) is 18.2 Å². The van der Waals surface area contributed by atoms with Crippen molar-refractivity contribution in [1.82, 2.24) is 5.32 Å². The SMILES string of the molecule is CS(=O)(=O)N(CC(=O)NCCCSCc1ccccc1F)c1ccc(F)c(F)c1. The van der Waals surface area contributed by atoms with Crippen molar-refractivity contribution in [3.63, 3.8) is 0 Å². The number of hydrogen-bond acceptors (Lipinski definition) is 4. The summed E-state index contributed by atoms with van der Waals surface area (Å²) >= 11 is 1.52. The first kappa shape index (κ1) is 23.1.